The highest BCUT2D eigenvalue weighted by molar-refractivity contribution is 5.92. The molecular formula is C14H16N2O4. The molecule has 0 radical (unpaired) electrons. The van der Waals surface area contributed by atoms with Crippen molar-refractivity contribution in [2.45, 2.75) is 19.4 Å². The van der Waals surface area contributed by atoms with Gasteiger partial charge < -0.3 is 19.2 Å². The predicted molar refractivity (Wildman–Crippen MR) is 73.2 cm³/mol. The molecule has 20 heavy (non-hydrogen) atoms. The summed E-state index contributed by atoms with van der Waals surface area (Å²) < 4.78 is 11.3. The lowest BCUT2D eigenvalue weighted by molar-refractivity contribution is 0.0368. The zero-order chi connectivity index (χ0) is 14.1. The van der Waals surface area contributed by atoms with Crippen LogP contribution in [0.4, 0.5) is 6.01 Å². The molecular weight excluding hydrogens is 260 g/mol. The number of hydrogen-bond acceptors (Lipinski definition) is 5. The zero-order valence-corrected chi connectivity index (χ0v) is 11.2. The fourth-order valence-corrected chi connectivity index (χ4v) is 2.32. The molecule has 6 heteroatoms. The van der Waals surface area contributed by atoms with E-state index in [1.807, 2.05) is 4.90 Å². The molecule has 3 rings (SSSR count). The number of anilines is 1. The number of fused-ring (bicyclic) bond motifs is 1. The molecule has 0 saturated carbocycles. The number of hydrogen-bond donors (Lipinski definition) is 1. The molecule has 1 fully saturated rings. The summed E-state index contributed by atoms with van der Waals surface area (Å²) in [4.78, 5) is 17.4. The van der Waals surface area contributed by atoms with Crippen LogP contribution in [0.1, 0.15) is 23.7 Å². The van der Waals surface area contributed by atoms with E-state index in [-0.39, 0.29) is 11.7 Å². The first-order valence-electron chi connectivity index (χ1n) is 6.68. The van der Waals surface area contributed by atoms with Gasteiger partial charge in [0.15, 0.2) is 5.58 Å². The fourth-order valence-electron chi connectivity index (χ4n) is 2.32. The number of ether oxygens (including phenoxy) is 1. The van der Waals surface area contributed by atoms with Crippen molar-refractivity contribution in [3.8, 4) is 0 Å². The Hall–Kier alpha value is -2.08. The van der Waals surface area contributed by atoms with Crippen LogP contribution in [0.5, 0.6) is 0 Å². The van der Waals surface area contributed by atoms with E-state index in [4.69, 9.17) is 14.3 Å². The summed E-state index contributed by atoms with van der Waals surface area (Å²) in [6.07, 6.45) is 1.13. The van der Waals surface area contributed by atoms with E-state index in [2.05, 4.69) is 11.9 Å². The van der Waals surface area contributed by atoms with Gasteiger partial charge in [-0.3, -0.25) is 0 Å². The second-order valence-corrected chi connectivity index (χ2v) is 4.83. The van der Waals surface area contributed by atoms with Crippen LogP contribution in [0.2, 0.25) is 0 Å². The molecule has 2 heterocycles. The smallest absolute Gasteiger partial charge is 0.335 e. The average molecular weight is 276 g/mol. The van der Waals surface area contributed by atoms with E-state index in [0.717, 1.165) is 19.5 Å². The number of morpholine rings is 1. The topological polar surface area (TPSA) is 75.8 Å². The highest BCUT2D eigenvalue weighted by Crippen LogP contribution is 2.24. The van der Waals surface area contributed by atoms with Crippen LogP contribution in [-0.2, 0) is 4.74 Å². The Labute approximate surface area is 116 Å². The van der Waals surface area contributed by atoms with Crippen LogP contribution in [0.15, 0.2) is 22.6 Å². The Bertz CT molecular complexity index is 637. The maximum Gasteiger partial charge on any atom is 0.335 e. The first kappa shape index (κ1) is 12.9. The Morgan fingerprint density at radius 2 is 2.40 bits per heavy atom. The third-order valence-electron chi connectivity index (χ3n) is 3.49. The van der Waals surface area contributed by atoms with Crippen molar-refractivity contribution in [1.82, 2.24) is 4.98 Å². The first-order chi connectivity index (χ1) is 9.67. The van der Waals surface area contributed by atoms with Gasteiger partial charge in [0.25, 0.3) is 6.01 Å². The van der Waals surface area contributed by atoms with Gasteiger partial charge in [-0.25, -0.2) is 4.79 Å². The predicted octanol–water partition coefficient (Wildman–Crippen LogP) is 2.14. The van der Waals surface area contributed by atoms with Gasteiger partial charge in [0, 0.05) is 13.1 Å². The number of carbonyl (C=O) groups is 1. The van der Waals surface area contributed by atoms with Gasteiger partial charge in [-0.05, 0) is 24.6 Å². The largest absolute Gasteiger partial charge is 0.478 e. The summed E-state index contributed by atoms with van der Waals surface area (Å²) in [5.41, 5.74) is 1.37. The van der Waals surface area contributed by atoms with Crippen LogP contribution in [-0.4, -0.2) is 41.9 Å². The van der Waals surface area contributed by atoms with Crippen LogP contribution in [0.3, 0.4) is 0 Å². The third kappa shape index (κ3) is 2.34. The lowest BCUT2D eigenvalue weighted by atomic mass is 10.2. The summed E-state index contributed by atoms with van der Waals surface area (Å²) in [6.45, 7) is 4.21. The molecule has 6 nitrogen and oxygen atoms in total. The van der Waals surface area contributed by atoms with Gasteiger partial charge in [0.05, 0.1) is 18.3 Å². The summed E-state index contributed by atoms with van der Waals surface area (Å²) in [7, 11) is 0. The Morgan fingerprint density at radius 3 is 3.15 bits per heavy atom. The summed E-state index contributed by atoms with van der Waals surface area (Å²) >= 11 is 0. The number of carboxylic acids is 1. The minimum Gasteiger partial charge on any atom is -0.478 e. The first-order valence-corrected chi connectivity index (χ1v) is 6.68. The van der Waals surface area contributed by atoms with E-state index in [0.29, 0.717) is 23.7 Å². The lowest BCUT2D eigenvalue weighted by Gasteiger charge is -2.31. The standard InChI is InChI=1S/C14H16N2O4/c1-2-10-8-16(5-6-19-10)14-15-11-4-3-9(13(17)18)7-12(11)20-14/h3-4,7,10H,2,5-6,8H2,1H3,(H,17,18). The van der Waals surface area contributed by atoms with Gasteiger partial charge in [-0.2, -0.15) is 4.98 Å². The van der Waals surface area contributed by atoms with Crippen molar-refractivity contribution in [2.24, 2.45) is 0 Å². The van der Waals surface area contributed by atoms with E-state index in [1.54, 1.807) is 6.07 Å². The number of aromatic nitrogens is 1. The quantitative estimate of drug-likeness (QED) is 0.925. The number of oxazole rings is 1. The molecule has 0 spiro atoms. The van der Waals surface area contributed by atoms with Crippen molar-refractivity contribution in [1.29, 1.82) is 0 Å². The third-order valence-corrected chi connectivity index (χ3v) is 3.49. The minimum atomic E-state index is -0.970. The Morgan fingerprint density at radius 1 is 1.55 bits per heavy atom. The van der Waals surface area contributed by atoms with E-state index in [9.17, 15) is 4.79 Å². The summed E-state index contributed by atoms with van der Waals surface area (Å²) in [6, 6.07) is 5.24. The highest BCUT2D eigenvalue weighted by atomic mass is 16.5. The van der Waals surface area contributed by atoms with E-state index < -0.39 is 5.97 Å². The number of aromatic carboxylic acids is 1. The van der Waals surface area contributed by atoms with E-state index in [1.165, 1.54) is 12.1 Å². The van der Waals surface area contributed by atoms with Crippen molar-refractivity contribution >= 4 is 23.1 Å². The fraction of sp³-hybridized carbons (Fsp3) is 0.429. The van der Waals surface area contributed by atoms with Crippen LogP contribution >= 0.6 is 0 Å². The maximum atomic E-state index is 10.9. The van der Waals surface area contributed by atoms with Crippen molar-refractivity contribution in [2.75, 3.05) is 24.6 Å². The normalized spacial score (nSPS) is 19.4. The number of rotatable bonds is 3. The molecule has 2 aromatic rings. The molecule has 1 aliphatic rings. The monoisotopic (exact) mass is 276 g/mol. The minimum absolute atomic E-state index is 0.188. The van der Waals surface area contributed by atoms with Gasteiger partial charge in [0.2, 0.25) is 0 Å². The molecule has 106 valence electrons. The Kier molecular flexibility index (Phi) is 3.31. The van der Waals surface area contributed by atoms with Crippen LogP contribution < -0.4 is 4.90 Å². The van der Waals surface area contributed by atoms with Gasteiger partial charge in [0.1, 0.15) is 5.52 Å². The lowest BCUT2D eigenvalue weighted by Crippen LogP contribution is -2.42. The SMILES string of the molecule is CCC1CN(c2nc3ccc(C(=O)O)cc3o2)CCO1. The maximum absolute atomic E-state index is 10.9. The van der Waals surface area contributed by atoms with Gasteiger partial charge >= 0.3 is 5.97 Å². The molecule has 1 aromatic heterocycles. The molecule has 0 amide bonds. The molecule has 1 aromatic carbocycles. The zero-order valence-electron chi connectivity index (χ0n) is 11.2. The highest BCUT2D eigenvalue weighted by Gasteiger charge is 2.23. The Balaban J connectivity index is 1.90. The average Bonchev–Trinajstić information content (AvgIpc) is 2.90. The molecule has 1 N–H and O–H groups in total. The number of benzene rings is 1. The van der Waals surface area contributed by atoms with Crippen molar-refractivity contribution in [3.63, 3.8) is 0 Å². The van der Waals surface area contributed by atoms with Crippen LogP contribution in [0, 0.1) is 0 Å². The van der Waals surface area contributed by atoms with Crippen LogP contribution in [0.25, 0.3) is 11.1 Å². The van der Waals surface area contributed by atoms with Gasteiger partial charge in [-0.1, -0.05) is 6.92 Å². The molecule has 1 aliphatic heterocycles. The molecule has 1 saturated heterocycles. The van der Waals surface area contributed by atoms with Crippen molar-refractivity contribution in [3.05, 3.63) is 23.8 Å². The molecule has 1 unspecified atom stereocenters. The van der Waals surface area contributed by atoms with E-state index >= 15 is 0 Å². The van der Waals surface area contributed by atoms with Gasteiger partial charge in [-0.15, -0.1) is 0 Å². The second kappa shape index (κ2) is 5.13. The number of nitrogens with zero attached hydrogens (tertiary/aromatic N) is 2. The molecule has 0 bridgehead atoms. The number of carboxylic acid groups (broad SMARTS) is 1. The summed E-state index contributed by atoms with van der Waals surface area (Å²) in [5.74, 6) is -0.970. The molecule has 1 atom stereocenters. The summed E-state index contributed by atoms with van der Waals surface area (Å²) in [5, 5.41) is 8.98. The molecule has 0 aliphatic carbocycles. The second-order valence-electron chi connectivity index (χ2n) is 4.83. The van der Waals surface area contributed by atoms with Crippen molar-refractivity contribution < 1.29 is 19.1 Å².